The number of nitriles is 1. The second kappa shape index (κ2) is 5.05. The van der Waals surface area contributed by atoms with Crippen LogP contribution in [0.1, 0.15) is 26.2 Å². The van der Waals surface area contributed by atoms with E-state index in [-0.39, 0.29) is 18.2 Å². The van der Waals surface area contributed by atoms with Gasteiger partial charge in [0.15, 0.2) is 0 Å². The number of rotatable bonds is 2. The lowest BCUT2D eigenvalue weighted by atomic mass is 10.0. The van der Waals surface area contributed by atoms with E-state index >= 15 is 0 Å². The molecule has 1 fully saturated rings. The summed E-state index contributed by atoms with van der Waals surface area (Å²) in [4.78, 5) is 13.6. The number of hydrogen-bond donors (Lipinski definition) is 0. The maximum atomic E-state index is 11.8. The first-order chi connectivity index (χ1) is 8.26. The van der Waals surface area contributed by atoms with Crippen molar-refractivity contribution in [2.75, 3.05) is 6.61 Å². The molecule has 2 bridgehead atoms. The van der Waals surface area contributed by atoms with Crippen LogP contribution in [0.15, 0.2) is 23.8 Å². The minimum Gasteiger partial charge on any atom is -0.450 e. The molecule has 2 rings (SSSR count). The van der Waals surface area contributed by atoms with Crippen molar-refractivity contribution < 1.29 is 9.53 Å². The number of fused-ring (bicyclic) bond motifs is 2. The average molecular weight is 232 g/mol. The van der Waals surface area contributed by atoms with Crippen molar-refractivity contribution in [2.45, 2.75) is 38.3 Å². The Morgan fingerprint density at radius 1 is 1.71 bits per heavy atom. The van der Waals surface area contributed by atoms with Crippen LogP contribution < -0.4 is 0 Å². The van der Waals surface area contributed by atoms with Gasteiger partial charge in [0.05, 0.1) is 18.7 Å². The zero-order valence-corrected chi connectivity index (χ0v) is 9.93. The molecule has 0 aromatic rings. The van der Waals surface area contributed by atoms with Crippen molar-refractivity contribution in [1.29, 1.82) is 5.26 Å². The molecule has 0 aromatic heterocycles. The van der Waals surface area contributed by atoms with E-state index < -0.39 is 0 Å². The molecule has 4 heteroatoms. The van der Waals surface area contributed by atoms with E-state index in [2.05, 4.69) is 6.08 Å². The molecule has 0 aromatic carbocycles. The third kappa shape index (κ3) is 2.33. The van der Waals surface area contributed by atoms with E-state index in [1.54, 1.807) is 0 Å². The standard InChI is InChI=1S/C13H16N2O2/c1-2-17-13(16)15-11-5-6-12(15)9-10(8-11)4-3-7-14/h3-4,8,11-12H,2,5-6,9H2,1H3/b4-3-/t11-,12+/m1/s1. The Morgan fingerprint density at radius 2 is 2.53 bits per heavy atom. The molecule has 0 N–H and O–H groups in total. The zero-order valence-electron chi connectivity index (χ0n) is 9.93. The molecule has 0 spiro atoms. The van der Waals surface area contributed by atoms with Gasteiger partial charge in [0.2, 0.25) is 0 Å². The van der Waals surface area contributed by atoms with Crippen LogP contribution in [0, 0.1) is 11.3 Å². The van der Waals surface area contributed by atoms with Crippen LogP contribution in [0.2, 0.25) is 0 Å². The van der Waals surface area contributed by atoms with Crippen LogP contribution in [0.25, 0.3) is 0 Å². The fourth-order valence-electron chi connectivity index (χ4n) is 2.61. The second-order valence-corrected chi connectivity index (χ2v) is 4.31. The first kappa shape index (κ1) is 11.7. The summed E-state index contributed by atoms with van der Waals surface area (Å²) in [6, 6.07) is 2.38. The van der Waals surface area contributed by atoms with E-state index in [0.29, 0.717) is 6.61 Å². The Balaban J connectivity index is 2.11. The fraction of sp³-hybridized carbons (Fsp3) is 0.538. The summed E-state index contributed by atoms with van der Waals surface area (Å²) in [5.41, 5.74) is 1.15. The third-order valence-electron chi connectivity index (χ3n) is 3.27. The Bertz CT molecular complexity index is 406. The molecule has 1 saturated heterocycles. The summed E-state index contributed by atoms with van der Waals surface area (Å²) in [7, 11) is 0. The third-order valence-corrected chi connectivity index (χ3v) is 3.27. The largest absolute Gasteiger partial charge is 0.450 e. The molecule has 0 radical (unpaired) electrons. The fourth-order valence-corrected chi connectivity index (χ4v) is 2.61. The summed E-state index contributed by atoms with van der Waals surface area (Å²) in [5, 5.41) is 8.51. The van der Waals surface area contributed by atoms with E-state index in [9.17, 15) is 4.79 Å². The van der Waals surface area contributed by atoms with E-state index in [0.717, 1.165) is 24.8 Å². The molecule has 4 nitrogen and oxygen atoms in total. The van der Waals surface area contributed by atoms with Gasteiger partial charge < -0.3 is 4.74 Å². The topological polar surface area (TPSA) is 53.3 Å². The number of carbonyl (C=O) groups excluding carboxylic acids is 1. The highest BCUT2D eigenvalue weighted by Gasteiger charge is 2.39. The number of nitrogens with zero attached hydrogens (tertiary/aromatic N) is 2. The number of ether oxygens (including phenoxy) is 1. The predicted octanol–water partition coefficient (Wildman–Crippen LogP) is 2.39. The number of carbonyl (C=O) groups is 1. The van der Waals surface area contributed by atoms with Gasteiger partial charge in [-0.3, -0.25) is 4.90 Å². The van der Waals surface area contributed by atoms with Crippen molar-refractivity contribution in [3.05, 3.63) is 23.8 Å². The molecule has 17 heavy (non-hydrogen) atoms. The molecule has 1 amide bonds. The van der Waals surface area contributed by atoms with Crippen LogP contribution >= 0.6 is 0 Å². The zero-order chi connectivity index (χ0) is 12.3. The van der Waals surface area contributed by atoms with Crippen molar-refractivity contribution in [1.82, 2.24) is 4.90 Å². The monoisotopic (exact) mass is 232 g/mol. The van der Waals surface area contributed by atoms with Crippen LogP contribution in [-0.4, -0.2) is 29.7 Å². The SMILES string of the molecule is CCOC(=O)N1[C@H]2CC[C@@H]1C=C(/C=C\C#N)C2. The van der Waals surface area contributed by atoms with Gasteiger partial charge in [-0.2, -0.15) is 5.26 Å². The first-order valence-electron chi connectivity index (χ1n) is 5.98. The van der Waals surface area contributed by atoms with Gasteiger partial charge in [-0.25, -0.2) is 4.79 Å². The summed E-state index contributed by atoms with van der Waals surface area (Å²) in [6.45, 7) is 2.24. The Labute approximate surface area is 101 Å². The molecule has 2 heterocycles. The van der Waals surface area contributed by atoms with Crippen molar-refractivity contribution in [3.8, 4) is 6.07 Å². The minimum absolute atomic E-state index is 0.145. The normalized spacial score (nSPS) is 26.8. The minimum atomic E-state index is -0.209. The second-order valence-electron chi connectivity index (χ2n) is 4.31. The predicted molar refractivity (Wildman–Crippen MR) is 63.1 cm³/mol. The van der Waals surface area contributed by atoms with Crippen molar-refractivity contribution >= 4 is 6.09 Å². The highest BCUT2D eigenvalue weighted by atomic mass is 16.6. The van der Waals surface area contributed by atoms with Crippen LogP contribution in [0.5, 0.6) is 0 Å². The average Bonchev–Trinajstić information content (AvgIpc) is 2.59. The summed E-state index contributed by atoms with van der Waals surface area (Å²) in [6.07, 6.45) is 8.04. The highest BCUT2D eigenvalue weighted by Crippen LogP contribution is 2.35. The molecule has 0 aliphatic carbocycles. The maximum absolute atomic E-state index is 11.8. The van der Waals surface area contributed by atoms with E-state index in [1.807, 2.05) is 24.0 Å². The Morgan fingerprint density at radius 3 is 3.18 bits per heavy atom. The lowest BCUT2D eigenvalue weighted by Gasteiger charge is -2.32. The molecule has 2 aliphatic rings. The van der Waals surface area contributed by atoms with Gasteiger partial charge in [0, 0.05) is 12.1 Å². The highest BCUT2D eigenvalue weighted by molar-refractivity contribution is 5.70. The van der Waals surface area contributed by atoms with Crippen molar-refractivity contribution in [2.24, 2.45) is 0 Å². The van der Waals surface area contributed by atoms with Gasteiger partial charge in [-0.15, -0.1) is 0 Å². The smallest absolute Gasteiger partial charge is 0.410 e. The Hall–Kier alpha value is -1.76. The molecular formula is C13H16N2O2. The lowest BCUT2D eigenvalue weighted by Crippen LogP contribution is -2.43. The Kier molecular flexibility index (Phi) is 3.48. The van der Waals surface area contributed by atoms with E-state index in [1.165, 1.54) is 6.08 Å². The first-order valence-corrected chi connectivity index (χ1v) is 5.98. The molecule has 2 aliphatic heterocycles. The van der Waals surface area contributed by atoms with Gasteiger partial charge in [-0.1, -0.05) is 6.08 Å². The van der Waals surface area contributed by atoms with Crippen LogP contribution in [0.3, 0.4) is 0 Å². The van der Waals surface area contributed by atoms with Gasteiger partial charge in [0.1, 0.15) is 0 Å². The van der Waals surface area contributed by atoms with Crippen LogP contribution in [-0.2, 0) is 4.74 Å². The quantitative estimate of drug-likeness (QED) is 0.687. The van der Waals surface area contributed by atoms with Crippen molar-refractivity contribution in [3.63, 3.8) is 0 Å². The molecule has 90 valence electrons. The van der Waals surface area contributed by atoms with Gasteiger partial charge in [0.25, 0.3) is 0 Å². The van der Waals surface area contributed by atoms with Gasteiger partial charge >= 0.3 is 6.09 Å². The van der Waals surface area contributed by atoms with Crippen LogP contribution in [0.4, 0.5) is 4.79 Å². The molecule has 0 unspecified atom stereocenters. The summed E-state index contributed by atoms with van der Waals surface area (Å²) in [5.74, 6) is 0. The molecule has 0 saturated carbocycles. The van der Waals surface area contributed by atoms with E-state index in [4.69, 9.17) is 10.00 Å². The number of hydrogen-bond acceptors (Lipinski definition) is 3. The molecular weight excluding hydrogens is 216 g/mol. The summed E-state index contributed by atoms with van der Waals surface area (Å²) >= 11 is 0. The number of amides is 1. The van der Waals surface area contributed by atoms with Gasteiger partial charge in [-0.05, 0) is 37.8 Å². The summed E-state index contributed by atoms with van der Waals surface area (Å²) < 4.78 is 5.07. The number of allylic oxidation sites excluding steroid dienone is 2. The molecule has 2 atom stereocenters. The maximum Gasteiger partial charge on any atom is 0.410 e. The lowest BCUT2D eigenvalue weighted by molar-refractivity contribution is 0.0919.